The highest BCUT2D eigenvalue weighted by Crippen LogP contribution is 2.34. The number of ether oxygens (including phenoxy) is 1. The summed E-state index contributed by atoms with van der Waals surface area (Å²) >= 11 is 0. The topological polar surface area (TPSA) is 68.6 Å². The summed E-state index contributed by atoms with van der Waals surface area (Å²) in [7, 11) is 1.57. The molecule has 0 saturated heterocycles. The molecule has 0 amide bonds. The van der Waals surface area contributed by atoms with E-state index in [0.29, 0.717) is 17.1 Å². The van der Waals surface area contributed by atoms with Crippen molar-refractivity contribution >= 4 is 10.8 Å². The lowest BCUT2D eigenvalue weighted by molar-refractivity contribution is 0.400. The lowest BCUT2D eigenvalue weighted by Gasteiger charge is -2.14. The summed E-state index contributed by atoms with van der Waals surface area (Å²) in [5, 5.41) is 11.6. The summed E-state index contributed by atoms with van der Waals surface area (Å²) in [6, 6.07) is 12.2. The van der Waals surface area contributed by atoms with Crippen LogP contribution in [0.5, 0.6) is 11.5 Å². The number of aromatic hydroxyl groups is 1. The van der Waals surface area contributed by atoms with Crippen molar-refractivity contribution < 1.29 is 14.3 Å². The molecule has 0 spiro atoms. The zero-order chi connectivity index (χ0) is 14.1. The molecule has 0 radical (unpaired) electrons. The van der Waals surface area contributed by atoms with E-state index in [1.54, 1.807) is 31.6 Å². The summed E-state index contributed by atoms with van der Waals surface area (Å²) < 4.78 is 10.9. The van der Waals surface area contributed by atoms with Gasteiger partial charge in [0.1, 0.15) is 17.3 Å². The molecule has 1 atom stereocenters. The molecule has 3 N–H and O–H groups in total. The van der Waals surface area contributed by atoms with Gasteiger partial charge in [-0.1, -0.05) is 24.3 Å². The third-order valence-corrected chi connectivity index (χ3v) is 3.37. The van der Waals surface area contributed by atoms with Crippen LogP contribution in [-0.2, 0) is 0 Å². The molecule has 1 unspecified atom stereocenters. The van der Waals surface area contributed by atoms with Crippen molar-refractivity contribution in [2.75, 3.05) is 7.11 Å². The number of furan rings is 1. The molecule has 3 aromatic rings. The van der Waals surface area contributed by atoms with E-state index < -0.39 is 6.04 Å². The van der Waals surface area contributed by atoms with E-state index >= 15 is 0 Å². The average Bonchev–Trinajstić information content (AvgIpc) is 2.90. The van der Waals surface area contributed by atoms with Gasteiger partial charge in [0, 0.05) is 16.3 Å². The Kier molecular flexibility index (Phi) is 3.08. The zero-order valence-corrected chi connectivity index (χ0v) is 11.0. The maximum absolute atomic E-state index is 9.65. The molecular weight excluding hydrogens is 254 g/mol. The van der Waals surface area contributed by atoms with Crippen molar-refractivity contribution in [3.8, 4) is 11.5 Å². The van der Waals surface area contributed by atoms with Crippen LogP contribution in [0.3, 0.4) is 0 Å². The first-order valence-electron chi connectivity index (χ1n) is 6.29. The fraction of sp³-hybridized carbons (Fsp3) is 0.125. The first-order chi connectivity index (χ1) is 9.70. The molecule has 0 fully saturated rings. The highest BCUT2D eigenvalue weighted by Gasteiger charge is 2.20. The molecule has 0 aliphatic heterocycles. The van der Waals surface area contributed by atoms with Crippen molar-refractivity contribution in [3.63, 3.8) is 0 Å². The number of nitrogens with two attached hydrogens (primary N) is 1. The van der Waals surface area contributed by atoms with E-state index in [0.717, 1.165) is 10.8 Å². The normalized spacial score (nSPS) is 12.5. The maximum Gasteiger partial charge on any atom is 0.132 e. The number of hydrogen-bond acceptors (Lipinski definition) is 4. The van der Waals surface area contributed by atoms with E-state index in [9.17, 15) is 5.11 Å². The molecule has 0 saturated carbocycles. The summed E-state index contributed by atoms with van der Waals surface area (Å²) in [4.78, 5) is 0. The summed E-state index contributed by atoms with van der Waals surface area (Å²) in [5.41, 5.74) is 6.97. The highest BCUT2D eigenvalue weighted by atomic mass is 16.5. The molecule has 3 rings (SSSR count). The minimum absolute atomic E-state index is 0.145. The van der Waals surface area contributed by atoms with Crippen molar-refractivity contribution in [3.05, 3.63) is 60.1 Å². The molecule has 1 heterocycles. The second kappa shape index (κ2) is 4.90. The van der Waals surface area contributed by atoms with Crippen LogP contribution in [0, 0.1) is 0 Å². The fourth-order valence-corrected chi connectivity index (χ4v) is 2.36. The minimum atomic E-state index is -0.503. The molecular formula is C16H15NO3. The van der Waals surface area contributed by atoms with Gasteiger partial charge < -0.3 is 20.0 Å². The number of phenols is 1. The fourth-order valence-electron chi connectivity index (χ4n) is 2.36. The molecule has 2 aromatic carbocycles. The summed E-state index contributed by atoms with van der Waals surface area (Å²) in [5.74, 6) is 1.42. The van der Waals surface area contributed by atoms with Crippen LogP contribution in [-0.4, -0.2) is 12.2 Å². The van der Waals surface area contributed by atoms with Crippen molar-refractivity contribution in [1.82, 2.24) is 0 Å². The Morgan fingerprint density at radius 1 is 1.20 bits per heavy atom. The number of rotatable bonds is 3. The lowest BCUT2D eigenvalue weighted by Crippen LogP contribution is -2.12. The molecule has 0 aliphatic carbocycles. The molecule has 1 aromatic heterocycles. The van der Waals surface area contributed by atoms with Gasteiger partial charge in [-0.15, -0.1) is 0 Å². The van der Waals surface area contributed by atoms with Gasteiger partial charge in [-0.25, -0.2) is 0 Å². The van der Waals surface area contributed by atoms with E-state index in [-0.39, 0.29) is 5.75 Å². The maximum atomic E-state index is 9.65. The Balaban J connectivity index is 2.13. The quantitative estimate of drug-likeness (QED) is 0.766. The first-order valence-corrected chi connectivity index (χ1v) is 6.29. The van der Waals surface area contributed by atoms with Gasteiger partial charge in [0.05, 0.1) is 19.4 Å². The largest absolute Gasteiger partial charge is 0.508 e. The Labute approximate surface area is 116 Å². The predicted octanol–water partition coefficient (Wildman–Crippen LogP) is 3.20. The Morgan fingerprint density at radius 2 is 2.00 bits per heavy atom. The Morgan fingerprint density at radius 3 is 2.80 bits per heavy atom. The third kappa shape index (κ3) is 2.00. The summed E-state index contributed by atoms with van der Waals surface area (Å²) in [6.07, 6.45) is 1.68. The number of benzene rings is 2. The van der Waals surface area contributed by atoms with E-state index in [4.69, 9.17) is 14.9 Å². The number of phenolic OH excluding ortho intramolecular Hbond substituents is 1. The van der Waals surface area contributed by atoms with E-state index in [1.165, 1.54) is 0 Å². The van der Waals surface area contributed by atoms with Gasteiger partial charge in [-0.3, -0.25) is 0 Å². The number of fused-ring (bicyclic) bond motifs is 1. The van der Waals surface area contributed by atoms with Crippen LogP contribution in [0.2, 0.25) is 0 Å². The molecule has 4 nitrogen and oxygen atoms in total. The third-order valence-electron chi connectivity index (χ3n) is 3.37. The Hall–Kier alpha value is -2.46. The lowest BCUT2D eigenvalue weighted by atomic mass is 10.0. The first kappa shape index (κ1) is 12.6. The van der Waals surface area contributed by atoms with Crippen molar-refractivity contribution in [2.45, 2.75) is 6.04 Å². The average molecular weight is 269 g/mol. The van der Waals surface area contributed by atoms with Crippen LogP contribution >= 0.6 is 0 Å². The van der Waals surface area contributed by atoms with Crippen LogP contribution in [0.4, 0.5) is 0 Å². The van der Waals surface area contributed by atoms with Gasteiger partial charge in [-0.2, -0.15) is 0 Å². The molecule has 4 heteroatoms. The molecule has 0 bridgehead atoms. The van der Waals surface area contributed by atoms with Crippen molar-refractivity contribution in [1.29, 1.82) is 0 Å². The minimum Gasteiger partial charge on any atom is -0.508 e. The van der Waals surface area contributed by atoms with Crippen LogP contribution in [0.25, 0.3) is 10.8 Å². The van der Waals surface area contributed by atoms with Gasteiger partial charge >= 0.3 is 0 Å². The van der Waals surface area contributed by atoms with Crippen LogP contribution in [0.15, 0.2) is 53.1 Å². The van der Waals surface area contributed by atoms with Gasteiger partial charge in [0.15, 0.2) is 0 Å². The SMILES string of the molecule is COc1ccc(O)cc1C(N)c1occ2ccccc12. The monoisotopic (exact) mass is 269 g/mol. The van der Waals surface area contributed by atoms with Gasteiger partial charge in [0.25, 0.3) is 0 Å². The van der Waals surface area contributed by atoms with Gasteiger partial charge in [-0.05, 0) is 18.2 Å². The van der Waals surface area contributed by atoms with E-state index in [1.807, 2.05) is 24.3 Å². The number of hydrogen-bond donors (Lipinski definition) is 2. The summed E-state index contributed by atoms with van der Waals surface area (Å²) in [6.45, 7) is 0. The highest BCUT2D eigenvalue weighted by molar-refractivity contribution is 5.84. The smallest absolute Gasteiger partial charge is 0.132 e. The van der Waals surface area contributed by atoms with Crippen molar-refractivity contribution in [2.24, 2.45) is 5.73 Å². The Bertz CT molecular complexity index is 748. The zero-order valence-electron chi connectivity index (χ0n) is 11.0. The van der Waals surface area contributed by atoms with E-state index in [2.05, 4.69) is 0 Å². The predicted molar refractivity (Wildman–Crippen MR) is 76.9 cm³/mol. The van der Waals surface area contributed by atoms with Gasteiger partial charge in [0.2, 0.25) is 0 Å². The molecule has 0 aliphatic rings. The molecule has 102 valence electrons. The number of methoxy groups -OCH3 is 1. The molecule has 20 heavy (non-hydrogen) atoms. The second-order valence-corrected chi connectivity index (χ2v) is 4.59. The second-order valence-electron chi connectivity index (χ2n) is 4.59. The van der Waals surface area contributed by atoms with Crippen LogP contribution in [0.1, 0.15) is 17.4 Å². The standard InChI is InChI=1S/C16H15NO3/c1-19-14-7-6-11(18)8-13(14)15(17)16-12-5-3-2-4-10(12)9-20-16/h2-9,15,18H,17H2,1H3. The van der Waals surface area contributed by atoms with Crippen LogP contribution < -0.4 is 10.5 Å².